The number of nitrogens with zero attached hydrogens (tertiary/aromatic N) is 1. The van der Waals surface area contributed by atoms with Crippen LogP contribution in [0.5, 0.6) is 0 Å². The van der Waals surface area contributed by atoms with E-state index in [2.05, 4.69) is 5.32 Å². The van der Waals surface area contributed by atoms with Crippen LogP contribution in [0.2, 0.25) is 10.0 Å². The molecule has 0 spiro atoms. The van der Waals surface area contributed by atoms with Gasteiger partial charge < -0.3 is 20.1 Å². The average Bonchev–Trinajstić information content (AvgIpc) is 2.64. The molecule has 2 N–H and O–H groups in total. The number of carbonyl (C=O) groups excluding carboxylic acids is 2. The van der Waals surface area contributed by atoms with Crippen LogP contribution in [-0.2, 0) is 9.53 Å². The molecule has 144 valence electrons. The van der Waals surface area contributed by atoms with Gasteiger partial charge in [0, 0.05) is 19.6 Å². The van der Waals surface area contributed by atoms with Crippen LogP contribution in [0.25, 0.3) is 0 Å². The third-order valence-corrected chi connectivity index (χ3v) is 5.10. The van der Waals surface area contributed by atoms with Gasteiger partial charge in [0.2, 0.25) is 5.91 Å². The summed E-state index contributed by atoms with van der Waals surface area (Å²) in [6.45, 7) is 3.37. The van der Waals surface area contributed by atoms with Gasteiger partial charge in [-0.2, -0.15) is 0 Å². The molecule has 0 unspecified atom stereocenters. The molecule has 1 aliphatic rings. The second-order valence-corrected chi connectivity index (χ2v) is 7.07. The zero-order valence-corrected chi connectivity index (χ0v) is 16.2. The minimum atomic E-state index is -0.743. The lowest BCUT2D eigenvalue weighted by molar-refractivity contribution is -0.126. The van der Waals surface area contributed by atoms with Crippen LogP contribution >= 0.6 is 23.2 Å². The monoisotopic (exact) mass is 402 g/mol. The molecule has 1 aromatic rings. The first-order valence-electron chi connectivity index (χ1n) is 8.74. The summed E-state index contributed by atoms with van der Waals surface area (Å²) in [7, 11) is 0. The fourth-order valence-electron chi connectivity index (χ4n) is 2.93. The maximum absolute atomic E-state index is 12.3. The third-order valence-electron chi connectivity index (χ3n) is 4.36. The van der Waals surface area contributed by atoms with E-state index in [1.807, 2.05) is 0 Å². The second kappa shape index (κ2) is 10.00. The minimum absolute atomic E-state index is 0.111. The smallest absolute Gasteiger partial charge is 0.409 e. The topological polar surface area (TPSA) is 78.9 Å². The lowest BCUT2D eigenvalue weighted by atomic mass is 9.97. The van der Waals surface area contributed by atoms with Crippen molar-refractivity contribution in [3.8, 4) is 0 Å². The number of hydrogen-bond donors (Lipinski definition) is 2. The fourth-order valence-corrected chi connectivity index (χ4v) is 3.24. The molecule has 1 aliphatic heterocycles. The van der Waals surface area contributed by atoms with E-state index in [0.717, 1.165) is 12.8 Å². The number of nitrogens with one attached hydrogen (secondary N) is 1. The zero-order valence-electron chi connectivity index (χ0n) is 14.7. The predicted molar refractivity (Wildman–Crippen MR) is 100 cm³/mol. The van der Waals surface area contributed by atoms with Gasteiger partial charge in [-0.1, -0.05) is 29.3 Å². The Morgan fingerprint density at radius 3 is 2.85 bits per heavy atom. The number of aliphatic hydroxyl groups is 1. The van der Waals surface area contributed by atoms with Gasteiger partial charge in [-0.3, -0.25) is 4.79 Å². The lowest BCUT2D eigenvalue weighted by Crippen LogP contribution is -2.45. The van der Waals surface area contributed by atoms with E-state index >= 15 is 0 Å². The highest BCUT2D eigenvalue weighted by Crippen LogP contribution is 2.26. The summed E-state index contributed by atoms with van der Waals surface area (Å²) in [5, 5.41) is 13.9. The summed E-state index contributed by atoms with van der Waals surface area (Å²) < 4.78 is 4.99. The Morgan fingerprint density at radius 2 is 2.15 bits per heavy atom. The lowest BCUT2D eigenvalue weighted by Gasteiger charge is -2.31. The average molecular weight is 403 g/mol. The first-order valence-corrected chi connectivity index (χ1v) is 9.50. The maximum atomic E-state index is 12.3. The third kappa shape index (κ3) is 5.76. The molecular weight excluding hydrogens is 379 g/mol. The summed E-state index contributed by atoms with van der Waals surface area (Å²) in [6.07, 6.45) is 0.741. The highest BCUT2D eigenvalue weighted by molar-refractivity contribution is 6.42. The molecule has 2 amide bonds. The van der Waals surface area contributed by atoms with Gasteiger partial charge >= 0.3 is 6.09 Å². The Hall–Kier alpha value is -1.50. The van der Waals surface area contributed by atoms with Crippen LogP contribution in [0, 0.1) is 5.92 Å². The molecule has 0 aliphatic carbocycles. The first-order chi connectivity index (χ1) is 12.4. The number of piperidine rings is 1. The Morgan fingerprint density at radius 1 is 1.38 bits per heavy atom. The minimum Gasteiger partial charge on any atom is -0.450 e. The standard InChI is InChI=1S/C18H24Cl2N2O4/c1-2-26-18(25)22-9-3-4-13(11-22)17(24)21-8-7-16(23)12-5-6-14(19)15(20)10-12/h5-6,10,13,16,23H,2-4,7-9,11H2,1H3,(H,21,24)/t13-,16-/m0/s1. The number of rotatable bonds is 6. The molecule has 0 bridgehead atoms. The number of benzene rings is 1. The van der Waals surface area contributed by atoms with E-state index in [4.69, 9.17) is 27.9 Å². The molecular formula is C18H24Cl2N2O4. The second-order valence-electron chi connectivity index (χ2n) is 6.25. The molecule has 2 rings (SSSR count). The van der Waals surface area contributed by atoms with Crippen LogP contribution < -0.4 is 5.32 Å². The maximum Gasteiger partial charge on any atom is 0.409 e. The zero-order chi connectivity index (χ0) is 19.1. The van der Waals surface area contributed by atoms with Crippen molar-refractivity contribution in [2.45, 2.75) is 32.3 Å². The number of halogens is 2. The molecule has 0 aromatic heterocycles. The molecule has 1 aromatic carbocycles. The summed E-state index contributed by atoms with van der Waals surface area (Å²) in [6, 6.07) is 4.96. The molecule has 1 fully saturated rings. The van der Waals surface area contributed by atoms with E-state index in [9.17, 15) is 14.7 Å². The van der Waals surface area contributed by atoms with Gasteiger partial charge in [0.1, 0.15) is 0 Å². The Kier molecular flexibility index (Phi) is 8.00. The van der Waals surface area contributed by atoms with Gasteiger partial charge in [0.25, 0.3) is 0 Å². The Bertz CT molecular complexity index is 642. The van der Waals surface area contributed by atoms with Gasteiger partial charge in [-0.25, -0.2) is 4.79 Å². The van der Waals surface area contributed by atoms with E-state index < -0.39 is 6.10 Å². The summed E-state index contributed by atoms with van der Waals surface area (Å²) >= 11 is 11.8. The number of carbonyl (C=O) groups is 2. The number of likely N-dealkylation sites (tertiary alicyclic amines) is 1. The highest BCUT2D eigenvalue weighted by atomic mass is 35.5. The number of aliphatic hydroxyl groups excluding tert-OH is 1. The van der Waals surface area contributed by atoms with Crippen molar-refractivity contribution in [1.29, 1.82) is 0 Å². The van der Waals surface area contributed by atoms with E-state index in [-0.39, 0.29) is 17.9 Å². The van der Waals surface area contributed by atoms with Crippen molar-refractivity contribution in [2.24, 2.45) is 5.92 Å². The summed E-state index contributed by atoms with van der Waals surface area (Å²) in [5.74, 6) is -0.365. The SMILES string of the molecule is CCOC(=O)N1CCC[C@H](C(=O)NCC[C@H](O)c2ccc(Cl)c(Cl)c2)C1. The number of hydrogen-bond acceptors (Lipinski definition) is 4. The Balaban J connectivity index is 1.78. The van der Waals surface area contributed by atoms with Crippen molar-refractivity contribution in [3.63, 3.8) is 0 Å². The quantitative estimate of drug-likeness (QED) is 0.763. The van der Waals surface area contributed by atoms with Crippen LogP contribution in [0.15, 0.2) is 18.2 Å². The van der Waals surface area contributed by atoms with Crippen LogP contribution in [0.3, 0.4) is 0 Å². The summed E-state index contributed by atoms with van der Waals surface area (Å²) in [5.41, 5.74) is 0.653. The molecule has 0 radical (unpaired) electrons. The molecule has 6 nitrogen and oxygen atoms in total. The van der Waals surface area contributed by atoms with E-state index in [0.29, 0.717) is 48.3 Å². The van der Waals surface area contributed by atoms with Crippen molar-refractivity contribution >= 4 is 35.2 Å². The summed E-state index contributed by atoms with van der Waals surface area (Å²) in [4.78, 5) is 25.7. The van der Waals surface area contributed by atoms with Crippen LogP contribution in [0.4, 0.5) is 4.79 Å². The number of amides is 2. The van der Waals surface area contributed by atoms with Crippen molar-refractivity contribution in [3.05, 3.63) is 33.8 Å². The molecule has 0 saturated carbocycles. The Labute approximate surface area is 163 Å². The molecule has 1 saturated heterocycles. The van der Waals surface area contributed by atoms with Gasteiger partial charge in [-0.15, -0.1) is 0 Å². The molecule has 2 atom stereocenters. The van der Waals surface area contributed by atoms with E-state index in [1.165, 1.54) is 0 Å². The van der Waals surface area contributed by atoms with Crippen molar-refractivity contribution in [2.75, 3.05) is 26.2 Å². The van der Waals surface area contributed by atoms with Crippen LogP contribution in [-0.4, -0.2) is 48.2 Å². The highest BCUT2D eigenvalue weighted by Gasteiger charge is 2.28. The number of ether oxygens (including phenoxy) is 1. The normalized spacial score (nSPS) is 18.3. The molecule has 8 heteroatoms. The largest absolute Gasteiger partial charge is 0.450 e. The first kappa shape index (κ1) is 20.8. The predicted octanol–water partition coefficient (Wildman–Crippen LogP) is 3.40. The van der Waals surface area contributed by atoms with Gasteiger partial charge in [-0.05, 0) is 43.9 Å². The van der Waals surface area contributed by atoms with Gasteiger partial charge in [0.15, 0.2) is 0 Å². The fraction of sp³-hybridized carbons (Fsp3) is 0.556. The van der Waals surface area contributed by atoms with E-state index in [1.54, 1.807) is 30.0 Å². The molecule has 1 heterocycles. The van der Waals surface area contributed by atoms with Gasteiger partial charge in [0.05, 0.1) is 28.7 Å². The van der Waals surface area contributed by atoms with Crippen molar-refractivity contribution < 1.29 is 19.4 Å². The molecule has 26 heavy (non-hydrogen) atoms. The van der Waals surface area contributed by atoms with Crippen LogP contribution in [0.1, 0.15) is 37.9 Å². The van der Waals surface area contributed by atoms with Crippen molar-refractivity contribution in [1.82, 2.24) is 10.2 Å².